The first-order valence-electron chi connectivity index (χ1n) is 11.5. The van der Waals surface area contributed by atoms with E-state index in [1.54, 1.807) is 37.5 Å². The molecule has 1 amide bonds. The molecule has 0 bridgehead atoms. The average Bonchev–Trinajstić information content (AvgIpc) is 2.89. The fourth-order valence-electron chi connectivity index (χ4n) is 3.82. The number of carbonyl (C=O) groups excluding carboxylic acids is 1. The fraction of sp³-hybridized carbons (Fsp3) is 0.179. The molecule has 1 atom stereocenters. The largest absolute Gasteiger partial charge is 0.399 e. The van der Waals surface area contributed by atoms with E-state index in [9.17, 15) is 9.90 Å². The van der Waals surface area contributed by atoms with Crippen molar-refractivity contribution in [2.45, 2.75) is 12.5 Å². The van der Waals surface area contributed by atoms with Gasteiger partial charge in [-0.2, -0.15) is 0 Å². The number of anilines is 2. The molecule has 0 fully saturated rings. The highest BCUT2D eigenvalue weighted by atomic mass is 16.3. The number of rotatable bonds is 9. The predicted molar refractivity (Wildman–Crippen MR) is 139 cm³/mol. The average molecular weight is 468 g/mol. The van der Waals surface area contributed by atoms with Gasteiger partial charge in [0.25, 0.3) is 5.91 Å². The summed E-state index contributed by atoms with van der Waals surface area (Å²) >= 11 is 0. The first-order chi connectivity index (χ1) is 17.0. The summed E-state index contributed by atoms with van der Waals surface area (Å²) in [5, 5.41) is 13.9. The van der Waals surface area contributed by atoms with Crippen LogP contribution in [0.5, 0.6) is 0 Å². The summed E-state index contributed by atoms with van der Waals surface area (Å²) in [4.78, 5) is 23.9. The second-order valence-electron chi connectivity index (χ2n) is 8.36. The van der Waals surface area contributed by atoms with Crippen LogP contribution >= 0.6 is 0 Å². The third-order valence-electron chi connectivity index (χ3n) is 5.69. The molecule has 0 aliphatic heterocycles. The molecule has 0 radical (unpaired) electrons. The molecule has 3 aromatic carbocycles. The van der Waals surface area contributed by atoms with E-state index in [4.69, 9.17) is 5.73 Å². The Bertz CT molecular complexity index is 1260. The Morgan fingerprint density at radius 1 is 1.03 bits per heavy atom. The minimum Gasteiger partial charge on any atom is -0.399 e. The van der Waals surface area contributed by atoms with Crippen molar-refractivity contribution in [3.05, 3.63) is 108 Å². The van der Waals surface area contributed by atoms with Crippen LogP contribution in [0.1, 0.15) is 27.6 Å². The van der Waals surface area contributed by atoms with Crippen molar-refractivity contribution in [2.75, 3.05) is 31.2 Å². The molecular weight excluding hydrogens is 438 g/mol. The monoisotopic (exact) mass is 467 g/mol. The Hall–Kier alpha value is -4.23. The molecular formula is C28H29N5O2. The molecule has 0 aliphatic carbocycles. The van der Waals surface area contributed by atoms with Crippen LogP contribution in [0.3, 0.4) is 0 Å². The molecule has 4 aromatic rings. The Kier molecular flexibility index (Phi) is 7.70. The highest BCUT2D eigenvalue weighted by Gasteiger charge is 2.22. The van der Waals surface area contributed by atoms with Crippen LogP contribution in [-0.2, 0) is 6.42 Å². The minimum atomic E-state index is -0.868. The number of hydrogen-bond acceptors (Lipinski definition) is 6. The number of benzene rings is 3. The second-order valence-corrected chi connectivity index (χ2v) is 8.36. The fourth-order valence-corrected chi connectivity index (χ4v) is 3.82. The van der Waals surface area contributed by atoms with Crippen LogP contribution in [0.15, 0.2) is 91.1 Å². The van der Waals surface area contributed by atoms with Crippen LogP contribution in [0.25, 0.3) is 11.3 Å². The van der Waals surface area contributed by atoms with Crippen molar-refractivity contribution < 1.29 is 9.90 Å². The van der Waals surface area contributed by atoms with Gasteiger partial charge in [-0.05, 0) is 29.7 Å². The highest BCUT2D eigenvalue weighted by Crippen LogP contribution is 2.24. The number of likely N-dealkylation sites (N-methyl/N-ethyl adjacent to an activating group) is 1. The van der Waals surface area contributed by atoms with Crippen molar-refractivity contribution in [1.82, 2.24) is 14.9 Å². The van der Waals surface area contributed by atoms with E-state index in [1.807, 2.05) is 48.5 Å². The highest BCUT2D eigenvalue weighted by molar-refractivity contribution is 5.99. The van der Waals surface area contributed by atoms with Crippen LogP contribution in [-0.4, -0.2) is 46.0 Å². The molecule has 4 rings (SSSR count). The van der Waals surface area contributed by atoms with Gasteiger partial charge in [0.1, 0.15) is 0 Å². The molecule has 1 heterocycles. The van der Waals surface area contributed by atoms with E-state index in [0.29, 0.717) is 35.0 Å². The van der Waals surface area contributed by atoms with Crippen molar-refractivity contribution >= 4 is 17.5 Å². The molecule has 0 saturated heterocycles. The lowest BCUT2D eigenvalue weighted by Gasteiger charge is -2.22. The first-order valence-corrected chi connectivity index (χ1v) is 11.5. The number of hydrogen-bond donors (Lipinski definition) is 3. The van der Waals surface area contributed by atoms with E-state index < -0.39 is 6.10 Å². The SMILES string of the molecule is CN(CC(O)c1cccc(N)c1)C(=O)c1cnc(NCCc2ccccc2)nc1-c1ccccc1. The smallest absolute Gasteiger partial charge is 0.257 e. The summed E-state index contributed by atoms with van der Waals surface area (Å²) < 4.78 is 0. The maximum absolute atomic E-state index is 13.4. The number of nitrogen functional groups attached to an aromatic ring is 1. The lowest BCUT2D eigenvalue weighted by molar-refractivity contribution is 0.0681. The third kappa shape index (κ3) is 6.22. The summed E-state index contributed by atoms with van der Waals surface area (Å²) in [5.41, 5.74) is 9.99. The van der Waals surface area contributed by atoms with Gasteiger partial charge in [0.05, 0.1) is 23.9 Å². The van der Waals surface area contributed by atoms with Gasteiger partial charge >= 0.3 is 0 Å². The van der Waals surface area contributed by atoms with Gasteiger partial charge in [-0.3, -0.25) is 4.79 Å². The second kappa shape index (κ2) is 11.3. The summed E-state index contributed by atoms with van der Waals surface area (Å²) in [5.74, 6) is 0.182. The van der Waals surface area contributed by atoms with Gasteiger partial charge < -0.3 is 21.1 Å². The molecule has 0 aliphatic rings. The minimum absolute atomic E-state index is 0.105. The van der Waals surface area contributed by atoms with Crippen LogP contribution < -0.4 is 11.1 Å². The van der Waals surface area contributed by atoms with Crippen molar-refractivity contribution in [3.8, 4) is 11.3 Å². The number of amides is 1. The maximum Gasteiger partial charge on any atom is 0.257 e. The number of nitrogens with two attached hydrogens (primary N) is 1. The Morgan fingerprint density at radius 3 is 2.46 bits per heavy atom. The van der Waals surface area contributed by atoms with Gasteiger partial charge in [0, 0.05) is 31.0 Å². The zero-order valence-corrected chi connectivity index (χ0v) is 19.6. The Morgan fingerprint density at radius 2 is 1.74 bits per heavy atom. The number of aromatic nitrogens is 2. The molecule has 0 saturated carbocycles. The zero-order chi connectivity index (χ0) is 24.6. The number of nitrogens with one attached hydrogen (secondary N) is 1. The standard InChI is InChI=1S/C28H29N5O2/c1-33(19-25(34)22-13-8-14-23(29)17-22)27(35)24-18-31-28(30-16-15-20-9-4-2-5-10-20)32-26(24)21-11-6-3-7-12-21/h2-14,17-18,25,34H,15-16,19,29H2,1H3,(H,30,31,32). The lowest BCUT2D eigenvalue weighted by Crippen LogP contribution is -2.32. The van der Waals surface area contributed by atoms with Crippen LogP contribution in [0.4, 0.5) is 11.6 Å². The van der Waals surface area contributed by atoms with Crippen LogP contribution in [0.2, 0.25) is 0 Å². The summed E-state index contributed by atoms with van der Waals surface area (Å²) in [6, 6.07) is 26.7. The number of nitrogens with zero attached hydrogens (tertiary/aromatic N) is 3. The van der Waals surface area contributed by atoms with Gasteiger partial charge in [0.15, 0.2) is 0 Å². The molecule has 1 unspecified atom stereocenters. The van der Waals surface area contributed by atoms with Crippen LogP contribution in [0, 0.1) is 0 Å². The number of carbonyl (C=O) groups is 1. The molecule has 7 heteroatoms. The Labute approximate surface area is 205 Å². The topological polar surface area (TPSA) is 104 Å². The molecule has 7 nitrogen and oxygen atoms in total. The van der Waals surface area contributed by atoms with Crippen molar-refractivity contribution in [1.29, 1.82) is 0 Å². The third-order valence-corrected chi connectivity index (χ3v) is 5.69. The van der Waals surface area contributed by atoms with Gasteiger partial charge in [-0.1, -0.05) is 72.8 Å². The van der Waals surface area contributed by atoms with Crippen molar-refractivity contribution in [3.63, 3.8) is 0 Å². The zero-order valence-electron chi connectivity index (χ0n) is 19.6. The summed E-state index contributed by atoms with van der Waals surface area (Å²) in [7, 11) is 1.65. The predicted octanol–water partition coefficient (Wildman–Crippen LogP) is 4.19. The van der Waals surface area contributed by atoms with Gasteiger partial charge in [-0.15, -0.1) is 0 Å². The molecule has 178 valence electrons. The number of aliphatic hydroxyl groups excluding tert-OH is 1. The molecule has 0 spiro atoms. The Balaban J connectivity index is 1.53. The maximum atomic E-state index is 13.4. The van der Waals surface area contributed by atoms with E-state index >= 15 is 0 Å². The summed E-state index contributed by atoms with van der Waals surface area (Å²) in [6.45, 7) is 0.769. The van der Waals surface area contributed by atoms with E-state index in [0.717, 1.165) is 12.0 Å². The molecule has 4 N–H and O–H groups in total. The van der Waals surface area contributed by atoms with E-state index in [1.165, 1.54) is 10.5 Å². The lowest BCUT2D eigenvalue weighted by atomic mass is 10.1. The quantitative estimate of drug-likeness (QED) is 0.319. The number of aliphatic hydroxyl groups is 1. The molecule has 35 heavy (non-hydrogen) atoms. The van der Waals surface area contributed by atoms with Crippen molar-refractivity contribution in [2.24, 2.45) is 0 Å². The van der Waals surface area contributed by atoms with E-state index in [2.05, 4.69) is 27.4 Å². The summed E-state index contributed by atoms with van der Waals surface area (Å²) in [6.07, 6.45) is 1.51. The van der Waals surface area contributed by atoms with E-state index in [-0.39, 0.29) is 12.5 Å². The normalized spacial score (nSPS) is 11.6. The first kappa shape index (κ1) is 23.9. The van der Waals surface area contributed by atoms with Gasteiger partial charge in [-0.25, -0.2) is 9.97 Å². The van der Waals surface area contributed by atoms with Gasteiger partial charge in [0.2, 0.25) is 5.95 Å². The molecule has 1 aromatic heterocycles.